The molecule has 7 rings (SSSR count). The van der Waals surface area contributed by atoms with Gasteiger partial charge in [-0.15, -0.1) is 0 Å². The fraction of sp³-hybridized carbons (Fsp3) is 0.433. The van der Waals surface area contributed by atoms with Gasteiger partial charge in [0.1, 0.15) is 11.5 Å². The molecule has 210 valence electrons. The van der Waals surface area contributed by atoms with Crippen LogP contribution in [0.5, 0.6) is 0 Å². The van der Waals surface area contributed by atoms with Crippen LogP contribution in [0, 0.1) is 10.8 Å². The number of hydrogen-bond donors (Lipinski definition) is 2. The Morgan fingerprint density at radius 2 is 1.65 bits per heavy atom. The summed E-state index contributed by atoms with van der Waals surface area (Å²) in [5.74, 6) is -0.00701. The molecule has 0 atom stereocenters. The van der Waals surface area contributed by atoms with Crippen LogP contribution in [0.3, 0.4) is 0 Å². The Bertz CT molecular complexity index is 1440. The molecule has 0 unspecified atom stereocenters. The zero-order chi connectivity index (χ0) is 28.1. The van der Waals surface area contributed by atoms with Crippen LogP contribution in [0.25, 0.3) is 11.3 Å². The van der Waals surface area contributed by atoms with Crippen LogP contribution >= 0.6 is 34.8 Å². The molecule has 4 aliphatic carbocycles. The van der Waals surface area contributed by atoms with E-state index in [9.17, 15) is 14.7 Å². The van der Waals surface area contributed by atoms with Gasteiger partial charge in [0.2, 0.25) is 5.91 Å². The van der Waals surface area contributed by atoms with E-state index < -0.39 is 11.4 Å². The zero-order valence-electron chi connectivity index (χ0n) is 21.8. The molecule has 7 nitrogen and oxygen atoms in total. The molecule has 2 bridgehead atoms. The maximum absolute atomic E-state index is 13.4. The van der Waals surface area contributed by atoms with Crippen molar-refractivity contribution in [1.29, 1.82) is 0 Å². The number of aromatic nitrogens is 1. The number of halogens is 3. The van der Waals surface area contributed by atoms with Crippen molar-refractivity contribution in [1.82, 2.24) is 5.16 Å². The number of ether oxygens (including phenoxy) is 1. The lowest BCUT2D eigenvalue weighted by molar-refractivity contribution is -0.138. The van der Waals surface area contributed by atoms with Crippen LogP contribution in [0.4, 0.5) is 5.69 Å². The topological polar surface area (TPSA) is 102 Å². The molecular formula is C30H29Cl3N2O5. The van der Waals surface area contributed by atoms with Crippen molar-refractivity contribution in [3.05, 3.63) is 68.4 Å². The van der Waals surface area contributed by atoms with Gasteiger partial charge < -0.3 is 19.7 Å². The summed E-state index contributed by atoms with van der Waals surface area (Å²) in [6.45, 7) is 0.945. The minimum Gasteiger partial charge on any atom is -0.478 e. The van der Waals surface area contributed by atoms with Gasteiger partial charge in [0.15, 0.2) is 0 Å². The number of carboxylic acid groups (broad SMARTS) is 1. The van der Waals surface area contributed by atoms with Gasteiger partial charge in [0, 0.05) is 22.5 Å². The predicted molar refractivity (Wildman–Crippen MR) is 153 cm³/mol. The molecule has 1 aromatic heterocycles. The molecule has 2 N–H and O–H groups in total. The summed E-state index contributed by atoms with van der Waals surface area (Å²) in [7, 11) is 0. The van der Waals surface area contributed by atoms with Crippen LogP contribution in [0.2, 0.25) is 15.1 Å². The molecule has 0 aliphatic heterocycles. The standard InChI is InChI=1S/C30H29Cl3N2O5/c31-20-4-2-5-21(32)23(20)25-19(26(40-35-25)17-7-8-17)15-39-16-29-9-12-30(13-10-29,14-11-29)28(38)34-22-6-1-3-18(24(22)33)27(36)37/h1-6,17H,7-16H2,(H,34,38)(H,36,37). The number of carboxylic acids is 1. The summed E-state index contributed by atoms with van der Waals surface area (Å²) in [6, 6.07) is 10.0. The Morgan fingerprint density at radius 3 is 2.27 bits per heavy atom. The van der Waals surface area contributed by atoms with E-state index in [0.717, 1.165) is 62.7 Å². The Hall–Kier alpha value is -2.58. The summed E-state index contributed by atoms with van der Waals surface area (Å²) in [4.78, 5) is 24.8. The average Bonchev–Trinajstić information content (AvgIpc) is 3.71. The monoisotopic (exact) mass is 602 g/mol. The molecule has 1 amide bonds. The van der Waals surface area contributed by atoms with Gasteiger partial charge in [0.05, 0.1) is 39.5 Å². The first-order valence-corrected chi connectivity index (χ1v) is 14.7. The van der Waals surface area contributed by atoms with Crippen molar-refractivity contribution in [3.63, 3.8) is 0 Å². The molecule has 4 fully saturated rings. The summed E-state index contributed by atoms with van der Waals surface area (Å²) in [5.41, 5.74) is 2.06. The Labute approximate surface area is 247 Å². The lowest BCUT2D eigenvalue weighted by Crippen LogP contribution is -2.49. The van der Waals surface area contributed by atoms with E-state index in [1.165, 1.54) is 6.07 Å². The van der Waals surface area contributed by atoms with Crippen molar-refractivity contribution in [2.24, 2.45) is 10.8 Å². The summed E-state index contributed by atoms with van der Waals surface area (Å²) in [6.07, 6.45) is 7.02. The number of nitrogens with one attached hydrogen (secondary N) is 1. The Kier molecular flexibility index (Phi) is 7.36. The number of anilines is 1. The minimum atomic E-state index is -1.13. The summed E-state index contributed by atoms with van der Waals surface area (Å²) >= 11 is 19.3. The molecule has 3 aromatic rings. The normalized spacial score (nSPS) is 23.8. The largest absolute Gasteiger partial charge is 0.478 e. The average molecular weight is 604 g/mol. The first kappa shape index (κ1) is 27.6. The molecule has 4 aliphatic rings. The lowest BCUT2D eigenvalue weighted by atomic mass is 9.53. The Morgan fingerprint density at radius 1 is 1.00 bits per heavy atom. The van der Waals surface area contributed by atoms with Crippen molar-refractivity contribution in [3.8, 4) is 11.3 Å². The molecule has 0 saturated heterocycles. The van der Waals surface area contributed by atoms with Gasteiger partial charge >= 0.3 is 5.97 Å². The van der Waals surface area contributed by atoms with E-state index in [1.807, 2.05) is 0 Å². The maximum Gasteiger partial charge on any atom is 0.337 e. The van der Waals surface area contributed by atoms with Gasteiger partial charge in [-0.2, -0.15) is 0 Å². The molecule has 4 saturated carbocycles. The molecular weight excluding hydrogens is 575 g/mol. The van der Waals surface area contributed by atoms with Crippen LogP contribution < -0.4 is 5.32 Å². The number of nitrogens with zero attached hydrogens (tertiary/aromatic N) is 1. The third kappa shape index (κ3) is 5.02. The van der Waals surface area contributed by atoms with Gasteiger partial charge in [0.25, 0.3) is 0 Å². The van der Waals surface area contributed by atoms with Crippen LogP contribution in [-0.4, -0.2) is 28.7 Å². The van der Waals surface area contributed by atoms with E-state index >= 15 is 0 Å². The molecule has 10 heteroatoms. The van der Waals surface area contributed by atoms with E-state index in [1.54, 1.807) is 30.3 Å². The van der Waals surface area contributed by atoms with Gasteiger partial charge in [-0.05, 0) is 81.0 Å². The fourth-order valence-corrected chi connectivity index (χ4v) is 7.12. The van der Waals surface area contributed by atoms with Gasteiger partial charge in [-0.3, -0.25) is 4.79 Å². The van der Waals surface area contributed by atoms with Crippen LogP contribution in [0.1, 0.15) is 79.0 Å². The number of rotatable bonds is 9. The van der Waals surface area contributed by atoms with E-state index in [4.69, 9.17) is 44.1 Å². The number of benzene rings is 2. The van der Waals surface area contributed by atoms with Crippen LogP contribution in [-0.2, 0) is 16.1 Å². The van der Waals surface area contributed by atoms with E-state index in [2.05, 4.69) is 10.5 Å². The Balaban J connectivity index is 1.12. The molecule has 40 heavy (non-hydrogen) atoms. The fourth-order valence-electron chi connectivity index (χ4n) is 6.29. The van der Waals surface area contributed by atoms with Crippen molar-refractivity contribution < 1.29 is 24.0 Å². The summed E-state index contributed by atoms with van der Waals surface area (Å²) in [5, 5.41) is 17.7. The van der Waals surface area contributed by atoms with Crippen molar-refractivity contribution in [2.45, 2.75) is 63.9 Å². The zero-order valence-corrected chi connectivity index (χ0v) is 24.0. The van der Waals surface area contributed by atoms with Crippen molar-refractivity contribution in [2.75, 3.05) is 11.9 Å². The second-order valence-electron chi connectivity index (χ2n) is 11.4. The van der Waals surface area contributed by atoms with Crippen molar-refractivity contribution >= 4 is 52.4 Å². The molecule has 2 aromatic carbocycles. The maximum atomic E-state index is 13.4. The summed E-state index contributed by atoms with van der Waals surface area (Å²) < 4.78 is 12.1. The molecule has 0 spiro atoms. The highest BCUT2D eigenvalue weighted by molar-refractivity contribution is 6.39. The SMILES string of the molecule is O=C(O)c1cccc(NC(=O)C23CCC(COCc4c(-c5c(Cl)cccc5Cl)noc4C4CC4)(CC2)CC3)c1Cl. The highest BCUT2D eigenvalue weighted by Gasteiger charge is 2.52. The third-order valence-corrected chi connectivity index (χ3v) is 10.0. The third-order valence-electron chi connectivity index (χ3n) is 8.98. The smallest absolute Gasteiger partial charge is 0.337 e. The van der Waals surface area contributed by atoms with E-state index in [-0.39, 0.29) is 21.9 Å². The quantitative estimate of drug-likeness (QED) is 0.255. The second-order valence-corrected chi connectivity index (χ2v) is 12.6. The van der Waals surface area contributed by atoms with E-state index in [0.29, 0.717) is 46.1 Å². The molecule has 0 radical (unpaired) electrons. The molecule has 1 heterocycles. The number of amides is 1. The highest BCUT2D eigenvalue weighted by Crippen LogP contribution is 2.57. The minimum absolute atomic E-state index is 0.0159. The van der Waals surface area contributed by atoms with Gasteiger partial charge in [-0.25, -0.2) is 4.79 Å². The number of aromatic carboxylic acids is 1. The predicted octanol–water partition coefficient (Wildman–Crippen LogP) is 8.37. The van der Waals surface area contributed by atoms with Crippen LogP contribution in [0.15, 0.2) is 40.9 Å². The number of fused-ring (bicyclic) bond motifs is 3. The lowest BCUT2D eigenvalue weighted by Gasteiger charge is -2.52. The number of hydrogen-bond acceptors (Lipinski definition) is 5. The number of carbonyl (C=O) groups excluding carboxylic acids is 1. The first-order valence-electron chi connectivity index (χ1n) is 13.6. The first-order chi connectivity index (χ1) is 19.2. The second kappa shape index (κ2) is 10.7. The van der Waals surface area contributed by atoms with Gasteiger partial charge in [-0.1, -0.05) is 52.1 Å². The highest BCUT2D eigenvalue weighted by atomic mass is 35.5. The number of carbonyl (C=O) groups is 2.